The van der Waals surface area contributed by atoms with E-state index in [1.165, 1.54) is 5.56 Å². The molecule has 0 bridgehead atoms. The molecule has 0 spiro atoms. The number of benzene rings is 1. The van der Waals surface area contributed by atoms with Crippen molar-refractivity contribution in [1.82, 2.24) is 9.88 Å². The molecule has 0 aliphatic carbocycles. The number of hydrogen-bond donors (Lipinski definition) is 2. The van der Waals surface area contributed by atoms with Crippen LogP contribution in [0.1, 0.15) is 35.2 Å². The second-order valence-corrected chi connectivity index (χ2v) is 7.92. The molecule has 0 radical (unpaired) electrons. The highest BCUT2D eigenvalue weighted by Crippen LogP contribution is 2.27. The van der Waals surface area contributed by atoms with Crippen molar-refractivity contribution in [2.45, 2.75) is 39.7 Å². The Balaban J connectivity index is 1.54. The highest BCUT2D eigenvalue weighted by Gasteiger charge is 2.29. The van der Waals surface area contributed by atoms with Gasteiger partial charge in [-0.05, 0) is 67.6 Å². The Labute approximate surface area is 177 Å². The number of carbonyl (C=O) groups is 2. The van der Waals surface area contributed by atoms with Gasteiger partial charge in [0.2, 0.25) is 5.91 Å². The number of carbonyl (C=O) groups excluding carboxylic acids is 1. The predicted molar refractivity (Wildman–Crippen MR) is 115 cm³/mol. The SMILES string of the molecule is Cc1cc(C)nc(NCCCOc2ccc3c(c2)CN(C)C(=O)C(CC(=O)O)C3)c1. The smallest absolute Gasteiger partial charge is 0.304 e. The lowest BCUT2D eigenvalue weighted by Crippen LogP contribution is -2.32. The minimum atomic E-state index is -0.949. The number of pyridine rings is 1. The van der Waals surface area contributed by atoms with Crippen LogP contribution in [0, 0.1) is 19.8 Å². The fraction of sp³-hybridized carbons (Fsp3) is 0.435. The van der Waals surface area contributed by atoms with E-state index in [0.29, 0.717) is 19.6 Å². The number of aromatic nitrogens is 1. The summed E-state index contributed by atoms with van der Waals surface area (Å²) in [5, 5.41) is 12.4. The van der Waals surface area contributed by atoms with Crippen LogP contribution in [-0.2, 0) is 22.6 Å². The van der Waals surface area contributed by atoms with Crippen LogP contribution >= 0.6 is 0 Å². The molecule has 0 fully saturated rings. The van der Waals surface area contributed by atoms with Crippen LogP contribution < -0.4 is 10.1 Å². The van der Waals surface area contributed by atoms with Gasteiger partial charge in [0, 0.05) is 25.8 Å². The second kappa shape index (κ2) is 9.61. The number of fused-ring (bicyclic) bond motifs is 1. The van der Waals surface area contributed by atoms with Gasteiger partial charge in [-0.25, -0.2) is 4.98 Å². The summed E-state index contributed by atoms with van der Waals surface area (Å²) in [6.07, 6.45) is 1.12. The van der Waals surface area contributed by atoms with Gasteiger partial charge in [-0.3, -0.25) is 9.59 Å². The van der Waals surface area contributed by atoms with Gasteiger partial charge in [0.15, 0.2) is 0 Å². The number of hydrogen-bond acceptors (Lipinski definition) is 5. The number of nitrogens with zero attached hydrogens (tertiary/aromatic N) is 2. The van der Waals surface area contributed by atoms with E-state index in [0.717, 1.165) is 41.4 Å². The average Bonchev–Trinajstić information content (AvgIpc) is 2.77. The van der Waals surface area contributed by atoms with Crippen LogP contribution in [0.25, 0.3) is 0 Å². The fourth-order valence-electron chi connectivity index (χ4n) is 3.82. The Morgan fingerprint density at radius 1 is 1.27 bits per heavy atom. The number of carboxylic acids is 1. The Bertz CT molecular complexity index is 908. The van der Waals surface area contributed by atoms with E-state index in [1.807, 2.05) is 37.3 Å². The van der Waals surface area contributed by atoms with Crippen molar-refractivity contribution in [2.75, 3.05) is 25.5 Å². The zero-order chi connectivity index (χ0) is 21.7. The van der Waals surface area contributed by atoms with Gasteiger partial charge in [-0.1, -0.05) is 6.07 Å². The monoisotopic (exact) mass is 411 g/mol. The first-order chi connectivity index (χ1) is 14.3. The van der Waals surface area contributed by atoms with Crippen molar-refractivity contribution in [1.29, 1.82) is 0 Å². The number of amides is 1. The normalized spacial score (nSPS) is 16.0. The molecule has 1 unspecified atom stereocenters. The van der Waals surface area contributed by atoms with Crippen LogP contribution in [0.5, 0.6) is 5.75 Å². The Hall–Kier alpha value is -3.09. The largest absolute Gasteiger partial charge is 0.494 e. The Morgan fingerprint density at radius 2 is 2.07 bits per heavy atom. The first kappa shape index (κ1) is 21.6. The van der Waals surface area contributed by atoms with E-state index in [-0.39, 0.29) is 12.3 Å². The number of anilines is 1. The molecule has 7 heteroatoms. The highest BCUT2D eigenvalue weighted by molar-refractivity contribution is 5.84. The zero-order valence-corrected chi connectivity index (χ0v) is 17.8. The number of carboxylic acid groups (broad SMARTS) is 1. The molecule has 3 rings (SSSR count). The van der Waals surface area contributed by atoms with Gasteiger partial charge in [0.1, 0.15) is 11.6 Å². The predicted octanol–water partition coefficient (Wildman–Crippen LogP) is 3.18. The van der Waals surface area contributed by atoms with Crippen molar-refractivity contribution in [2.24, 2.45) is 5.92 Å². The van der Waals surface area contributed by atoms with Crippen molar-refractivity contribution in [3.8, 4) is 5.75 Å². The van der Waals surface area contributed by atoms with Gasteiger partial charge >= 0.3 is 5.97 Å². The van der Waals surface area contributed by atoms with Crippen LogP contribution in [0.3, 0.4) is 0 Å². The summed E-state index contributed by atoms with van der Waals surface area (Å²) in [5.41, 5.74) is 4.19. The van der Waals surface area contributed by atoms with Crippen molar-refractivity contribution in [3.05, 3.63) is 52.7 Å². The number of aryl methyl sites for hydroxylation is 2. The summed E-state index contributed by atoms with van der Waals surface area (Å²) in [5.74, 6) is 0.0411. The van der Waals surface area contributed by atoms with E-state index in [2.05, 4.69) is 17.2 Å². The molecule has 1 aromatic carbocycles. The van der Waals surface area contributed by atoms with E-state index in [1.54, 1.807) is 11.9 Å². The van der Waals surface area contributed by atoms with Gasteiger partial charge in [0.25, 0.3) is 0 Å². The van der Waals surface area contributed by atoms with Crippen LogP contribution in [-0.4, -0.2) is 47.1 Å². The molecule has 1 amide bonds. The lowest BCUT2D eigenvalue weighted by atomic mass is 9.94. The molecule has 1 atom stereocenters. The van der Waals surface area contributed by atoms with E-state index in [4.69, 9.17) is 9.84 Å². The third kappa shape index (κ3) is 5.72. The van der Waals surface area contributed by atoms with Crippen molar-refractivity contribution >= 4 is 17.7 Å². The number of ether oxygens (including phenoxy) is 1. The van der Waals surface area contributed by atoms with Crippen LogP contribution in [0.15, 0.2) is 30.3 Å². The molecule has 2 aromatic rings. The standard InChI is InChI=1S/C23H29N3O4/c1-15-9-16(2)25-21(10-15)24-7-4-8-30-20-6-5-17-11-18(13-22(27)28)23(29)26(3)14-19(17)12-20/h5-6,9-10,12,18H,4,7-8,11,13-14H2,1-3H3,(H,24,25)(H,27,28). The summed E-state index contributed by atoms with van der Waals surface area (Å²) in [7, 11) is 1.71. The number of rotatable bonds is 8. The zero-order valence-electron chi connectivity index (χ0n) is 17.8. The van der Waals surface area contributed by atoms with Gasteiger partial charge in [-0.15, -0.1) is 0 Å². The Kier molecular flexibility index (Phi) is 6.92. The maximum Gasteiger partial charge on any atom is 0.304 e. The minimum absolute atomic E-state index is 0.123. The number of nitrogens with one attached hydrogen (secondary N) is 1. The maximum absolute atomic E-state index is 12.5. The molecule has 2 N–H and O–H groups in total. The van der Waals surface area contributed by atoms with Gasteiger partial charge < -0.3 is 20.1 Å². The lowest BCUT2D eigenvalue weighted by Gasteiger charge is -2.18. The summed E-state index contributed by atoms with van der Waals surface area (Å²) in [4.78, 5) is 29.6. The summed E-state index contributed by atoms with van der Waals surface area (Å²) >= 11 is 0. The molecular formula is C23H29N3O4. The lowest BCUT2D eigenvalue weighted by molar-refractivity contribution is -0.143. The number of aliphatic carboxylic acids is 1. The fourth-order valence-corrected chi connectivity index (χ4v) is 3.82. The molecule has 30 heavy (non-hydrogen) atoms. The maximum atomic E-state index is 12.5. The minimum Gasteiger partial charge on any atom is -0.494 e. The second-order valence-electron chi connectivity index (χ2n) is 7.92. The van der Waals surface area contributed by atoms with Crippen LogP contribution in [0.4, 0.5) is 5.82 Å². The molecule has 1 aromatic heterocycles. The van der Waals surface area contributed by atoms with Gasteiger partial charge in [-0.2, -0.15) is 0 Å². The van der Waals surface area contributed by atoms with E-state index in [9.17, 15) is 9.59 Å². The molecule has 1 aliphatic rings. The Morgan fingerprint density at radius 3 is 2.80 bits per heavy atom. The first-order valence-corrected chi connectivity index (χ1v) is 10.2. The van der Waals surface area contributed by atoms with Gasteiger partial charge in [0.05, 0.1) is 18.9 Å². The highest BCUT2D eigenvalue weighted by atomic mass is 16.5. The molecule has 1 aliphatic heterocycles. The quantitative estimate of drug-likeness (QED) is 0.648. The average molecular weight is 412 g/mol. The molecule has 2 heterocycles. The first-order valence-electron chi connectivity index (χ1n) is 10.2. The molecule has 7 nitrogen and oxygen atoms in total. The van der Waals surface area contributed by atoms with E-state index >= 15 is 0 Å². The third-order valence-electron chi connectivity index (χ3n) is 5.19. The summed E-state index contributed by atoms with van der Waals surface area (Å²) < 4.78 is 5.89. The van der Waals surface area contributed by atoms with Crippen LogP contribution in [0.2, 0.25) is 0 Å². The van der Waals surface area contributed by atoms with Crippen molar-refractivity contribution in [3.63, 3.8) is 0 Å². The molecule has 0 saturated heterocycles. The third-order valence-corrected chi connectivity index (χ3v) is 5.19. The molecule has 160 valence electrons. The van der Waals surface area contributed by atoms with E-state index < -0.39 is 11.9 Å². The molecular weight excluding hydrogens is 382 g/mol. The molecule has 0 saturated carbocycles. The topological polar surface area (TPSA) is 91.8 Å². The summed E-state index contributed by atoms with van der Waals surface area (Å²) in [6, 6.07) is 9.87. The summed E-state index contributed by atoms with van der Waals surface area (Å²) in [6.45, 7) is 5.81. The van der Waals surface area contributed by atoms with Crippen molar-refractivity contribution < 1.29 is 19.4 Å².